The highest BCUT2D eigenvalue weighted by Gasteiger charge is 2.19. The Labute approximate surface area is 155 Å². The molecule has 0 N–H and O–H groups in total. The van der Waals surface area contributed by atoms with E-state index in [4.69, 9.17) is 0 Å². The molecule has 26 heavy (non-hydrogen) atoms. The third kappa shape index (κ3) is 4.03. The van der Waals surface area contributed by atoms with Gasteiger partial charge in [-0.2, -0.15) is 11.3 Å². The molecule has 1 amide bonds. The highest BCUT2D eigenvalue weighted by molar-refractivity contribution is 7.07. The minimum Gasteiger partial charge on any atom is -0.337 e. The van der Waals surface area contributed by atoms with Crippen LogP contribution in [0.15, 0.2) is 38.7 Å². The molecule has 0 unspecified atom stereocenters. The van der Waals surface area contributed by atoms with Crippen LogP contribution >= 0.6 is 11.3 Å². The van der Waals surface area contributed by atoms with E-state index >= 15 is 0 Å². The van der Waals surface area contributed by atoms with E-state index in [1.165, 1.54) is 35.5 Å². The molecule has 1 aliphatic rings. The van der Waals surface area contributed by atoms with Crippen molar-refractivity contribution in [1.29, 1.82) is 0 Å². The van der Waals surface area contributed by atoms with Crippen molar-refractivity contribution in [2.24, 2.45) is 14.1 Å². The van der Waals surface area contributed by atoms with Crippen molar-refractivity contribution in [3.63, 3.8) is 0 Å². The van der Waals surface area contributed by atoms with Crippen LogP contribution in [0.25, 0.3) is 6.08 Å². The molecular weight excluding hydrogens is 352 g/mol. The third-order valence-electron chi connectivity index (χ3n) is 4.55. The second-order valence-corrected chi connectivity index (χ2v) is 7.19. The minimum atomic E-state index is -0.405. The summed E-state index contributed by atoms with van der Waals surface area (Å²) in [6, 6.07) is 2.12. The van der Waals surface area contributed by atoms with E-state index in [1.54, 1.807) is 23.3 Å². The molecule has 138 valence electrons. The van der Waals surface area contributed by atoms with Crippen LogP contribution < -0.4 is 11.2 Å². The number of piperazine rings is 1. The van der Waals surface area contributed by atoms with Gasteiger partial charge in [0.2, 0.25) is 5.91 Å². The van der Waals surface area contributed by atoms with Crippen molar-refractivity contribution in [3.8, 4) is 0 Å². The van der Waals surface area contributed by atoms with Crippen LogP contribution in [-0.2, 0) is 25.4 Å². The van der Waals surface area contributed by atoms with Crippen LogP contribution in [0.5, 0.6) is 0 Å². The molecule has 1 saturated heterocycles. The number of amides is 1. The largest absolute Gasteiger partial charge is 0.337 e. The molecule has 0 radical (unpaired) electrons. The standard InChI is InChI=1S/C18H22N4O3S/c1-19-12-15(17(24)20(2)18(19)25)3-4-16(23)22-8-6-21(7-9-22)11-14-5-10-26-13-14/h3-5,10,12-13H,6-9,11H2,1-2H3/b4-3-. The van der Waals surface area contributed by atoms with Crippen LogP contribution in [-0.4, -0.2) is 51.0 Å². The zero-order valence-electron chi connectivity index (χ0n) is 14.9. The number of hydrogen-bond acceptors (Lipinski definition) is 5. The Morgan fingerprint density at radius 1 is 1.19 bits per heavy atom. The summed E-state index contributed by atoms with van der Waals surface area (Å²) in [6.07, 6.45) is 4.35. The SMILES string of the molecule is Cn1cc(/C=C\C(=O)N2CCN(Cc3ccsc3)CC2)c(=O)n(C)c1=O. The molecule has 3 heterocycles. The molecule has 0 spiro atoms. The second-order valence-electron chi connectivity index (χ2n) is 6.41. The lowest BCUT2D eigenvalue weighted by atomic mass is 10.2. The Hall–Kier alpha value is -2.45. The molecule has 1 aliphatic heterocycles. The molecule has 0 aromatic carbocycles. The predicted octanol–water partition coefficient (Wildman–Crippen LogP) is 0.503. The second kappa shape index (κ2) is 7.84. The maximum absolute atomic E-state index is 12.4. The molecule has 0 aliphatic carbocycles. The Morgan fingerprint density at radius 3 is 2.58 bits per heavy atom. The Morgan fingerprint density at radius 2 is 1.92 bits per heavy atom. The molecule has 0 bridgehead atoms. The van der Waals surface area contributed by atoms with Gasteiger partial charge in [0.1, 0.15) is 0 Å². The number of rotatable bonds is 4. The minimum absolute atomic E-state index is 0.115. The van der Waals surface area contributed by atoms with Crippen LogP contribution in [0.2, 0.25) is 0 Å². The average molecular weight is 374 g/mol. The van der Waals surface area contributed by atoms with E-state index in [0.29, 0.717) is 18.7 Å². The van der Waals surface area contributed by atoms with E-state index < -0.39 is 5.56 Å². The molecule has 2 aromatic heterocycles. The normalized spacial score (nSPS) is 15.7. The van der Waals surface area contributed by atoms with E-state index in [0.717, 1.165) is 24.2 Å². The summed E-state index contributed by atoms with van der Waals surface area (Å²) in [4.78, 5) is 40.3. The lowest BCUT2D eigenvalue weighted by molar-refractivity contribution is -0.127. The van der Waals surface area contributed by atoms with Crippen molar-refractivity contribution >= 4 is 23.3 Å². The summed E-state index contributed by atoms with van der Waals surface area (Å²) in [7, 11) is 3.00. The van der Waals surface area contributed by atoms with Crippen LogP contribution in [0.1, 0.15) is 11.1 Å². The van der Waals surface area contributed by atoms with Crippen molar-refractivity contribution in [3.05, 3.63) is 61.1 Å². The first-order chi connectivity index (χ1) is 12.5. The monoisotopic (exact) mass is 374 g/mol. The summed E-state index contributed by atoms with van der Waals surface area (Å²) in [5.74, 6) is -0.115. The van der Waals surface area contributed by atoms with E-state index in [2.05, 4.69) is 21.7 Å². The first-order valence-electron chi connectivity index (χ1n) is 8.43. The van der Waals surface area contributed by atoms with Gasteiger partial charge < -0.3 is 9.47 Å². The van der Waals surface area contributed by atoms with Crippen molar-refractivity contribution in [2.45, 2.75) is 6.54 Å². The molecule has 1 fully saturated rings. The highest BCUT2D eigenvalue weighted by atomic mass is 32.1. The fourth-order valence-corrected chi connectivity index (χ4v) is 3.64. The van der Waals surface area contributed by atoms with E-state index in [-0.39, 0.29) is 11.6 Å². The summed E-state index contributed by atoms with van der Waals surface area (Å²) in [6.45, 7) is 3.90. The molecule has 8 heteroatoms. The quantitative estimate of drug-likeness (QED) is 0.731. The van der Waals surface area contributed by atoms with Crippen molar-refractivity contribution in [2.75, 3.05) is 26.2 Å². The van der Waals surface area contributed by atoms with Gasteiger partial charge in [0, 0.05) is 59.1 Å². The van der Waals surface area contributed by atoms with E-state index in [9.17, 15) is 14.4 Å². The maximum atomic E-state index is 12.4. The first kappa shape index (κ1) is 18.3. The lowest BCUT2D eigenvalue weighted by Crippen LogP contribution is -2.47. The Bertz CT molecular complexity index is 919. The number of carbonyl (C=O) groups is 1. The number of hydrogen-bond donors (Lipinski definition) is 0. The molecule has 3 rings (SSSR count). The fraction of sp³-hybridized carbons (Fsp3) is 0.389. The summed E-state index contributed by atoms with van der Waals surface area (Å²) < 4.78 is 2.36. The molecular formula is C18H22N4O3S. The smallest absolute Gasteiger partial charge is 0.330 e. The summed E-state index contributed by atoms with van der Waals surface area (Å²) in [5, 5.41) is 4.22. The van der Waals surface area contributed by atoms with Crippen molar-refractivity contribution in [1.82, 2.24) is 18.9 Å². The van der Waals surface area contributed by atoms with Gasteiger partial charge in [-0.15, -0.1) is 0 Å². The van der Waals surface area contributed by atoms with Gasteiger partial charge in [0.05, 0.1) is 5.56 Å². The van der Waals surface area contributed by atoms with Crippen LogP contribution in [0.3, 0.4) is 0 Å². The van der Waals surface area contributed by atoms with Gasteiger partial charge in [-0.25, -0.2) is 4.79 Å². The number of carbonyl (C=O) groups excluding carboxylic acids is 1. The molecule has 0 saturated carbocycles. The van der Waals surface area contributed by atoms with Gasteiger partial charge in [0.25, 0.3) is 5.56 Å². The van der Waals surface area contributed by atoms with Gasteiger partial charge in [-0.3, -0.25) is 19.1 Å². The van der Waals surface area contributed by atoms with Gasteiger partial charge in [0.15, 0.2) is 0 Å². The molecule has 0 atom stereocenters. The Balaban J connectivity index is 1.60. The zero-order valence-corrected chi connectivity index (χ0v) is 15.7. The molecule has 7 nitrogen and oxygen atoms in total. The van der Waals surface area contributed by atoms with Crippen LogP contribution in [0.4, 0.5) is 0 Å². The zero-order chi connectivity index (χ0) is 18.7. The lowest BCUT2D eigenvalue weighted by Gasteiger charge is -2.34. The first-order valence-corrected chi connectivity index (χ1v) is 9.37. The fourth-order valence-electron chi connectivity index (χ4n) is 2.98. The summed E-state index contributed by atoms with van der Waals surface area (Å²) >= 11 is 1.69. The van der Waals surface area contributed by atoms with Gasteiger partial charge >= 0.3 is 5.69 Å². The average Bonchev–Trinajstić information content (AvgIpc) is 3.15. The predicted molar refractivity (Wildman–Crippen MR) is 102 cm³/mol. The van der Waals surface area contributed by atoms with E-state index in [1.807, 2.05) is 0 Å². The maximum Gasteiger partial charge on any atom is 0.330 e. The van der Waals surface area contributed by atoms with Crippen molar-refractivity contribution < 1.29 is 4.79 Å². The van der Waals surface area contributed by atoms with Gasteiger partial charge in [-0.1, -0.05) is 0 Å². The van der Waals surface area contributed by atoms with Gasteiger partial charge in [-0.05, 0) is 28.5 Å². The number of thiophene rings is 1. The third-order valence-corrected chi connectivity index (χ3v) is 5.28. The summed E-state index contributed by atoms with van der Waals surface area (Å²) in [5.41, 5.74) is 0.831. The number of aryl methyl sites for hydroxylation is 1. The molecule has 2 aromatic rings. The number of nitrogens with zero attached hydrogens (tertiary/aromatic N) is 4. The van der Waals surface area contributed by atoms with Crippen LogP contribution in [0, 0.1) is 0 Å². The Kier molecular flexibility index (Phi) is 5.53. The topological polar surface area (TPSA) is 67.6 Å². The highest BCUT2D eigenvalue weighted by Crippen LogP contribution is 2.12. The number of aromatic nitrogens is 2.